The second-order valence-corrected chi connectivity index (χ2v) is 13.0. The fourth-order valence-corrected chi connectivity index (χ4v) is 5.57. The molecule has 0 aliphatic carbocycles. The quantitative estimate of drug-likeness (QED) is 0.0439. The van der Waals surface area contributed by atoms with Crippen LogP contribution in [0.3, 0.4) is 0 Å². The van der Waals surface area contributed by atoms with Crippen molar-refractivity contribution >= 4 is 11.9 Å². The van der Waals surface area contributed by atoms with Gasteiger partial charge in [-0.25, -0.2) is 9.59 Å². The van der Waals surface area contributed by atoms with Crippen LogP contribution >= 0.6 is 0 Å². The van der Waals surface area contributed by atoms with Gasteiger partial charge in [0.15, 0.2) is 0 Å². The molecular formula is C40H70O3. The summed E-state index contributed by atoms with van der Waals surface area (Å²) in [6.07, 6.45) is 40.0. The number of carbonyl (C=O) groups excluding carboxylic acids is 2. The summed E-state index contributed by atoms with van der Waals surface area (Å²) in [5, 5.41) is 0. The molecule has 0 radical (unpaired) electrons. The maximum Gasteiger partial charge on any atom is 0.120 e. The first-order valence-electron chi connectivity index (χ1n) is 18.5. The van der Waals surface area contributed by atoms with Crippen molar-refractivity contribution in [3.8, 4) is 0 Å². The normalized spacial score (nSPS) is 13.3. The van der Waals surface area contributed by atoms with Crippen molar-refractivity contribution in [2.75, 3.05) is 0 Å². The zero-order valence-electron chi connectivity index (χ0n) is 29.1. The van der Waals surface area contributed by atoms with Gasteiger partial charge >= 0.3 is 0 Å². The van der Waals surface area contributed by atoms with E-state index >= 15 is 0 Å². The van der Waals surface area contributed by atoms with Crippen molar-refractivity contribution < 1.29 is 14.3 Å². The van der Waals surface area contributed by atoms with Gasteiger partial charge in [-0.2, -0.15) is 0 Å². The molecule has 248 valence electrons. The molecule has 0 heterocycles. The molecule has 0 saturated carbocycles. The van der Waals surface area contributed by atoms with Gasteiger partial charge < -0.3 is 4.74 Å². The average Bonchev–Trinajstić information content (AvgIpc) is 2.99. The van der Waals surface area contributed by atoms with Crippen LogP contribution in [0.15, 0.2) is 35.8 Å². The van der Waals surface area contributed by atoms with E-state index in [9.17, 15) is 9.59 Å². The molecule has 0 saturated heterocycles. The molecule has 0 aromatic heterocycles. The summed E-state index contributed by atoms with van der Waals surface area (Å²) in [5.41, 5.74) is 0. The minimum absolute atomic E-state index is 0.348. The highest BCUT2D eigenvalue weighted by Gasteiger charge is 2.06. The lowest BCUT2D eigenvalue weighted by atomic mass is 10.0. The van der Waals surface area contributed by atoms with Gasteiger partial charge in [-0.05, 0) is 75.4 Å². The number of unbranched alkanes of at least 4 members (excludes halogenated alkanes) is 18. The van der Waals surface area contributed by atoms with Crippen LogP contribution in [0.1, 0.15) is 195 Å². The molecule has 0 rings (SSSR count). The minimum Gasteiger partial charge on any atom is -0.467 e. The first-order chi connectivity index (χ1) is 21.1. The first kappa shape index (κ1) is 41.2. The molecule has 0 bridgehead atoms. The van der Waals surface area contributed by atoms with Crippen molar-refractivity contribution in [2.45, 2.75) is 195 Å². The van der Waals surface area contributed by atoms with Crippen LogP contribution in [0.2, 0.25) is 0 Å². The van der Waals surface area contributed by atoms with Gasteiger partial charge in [-0.3, -0.25) is 0 Å². The zero-order valence-corrected chi connectivity index (χ0v) is 29.1. The smallest absolute Gasteiger partial charge is 0.120 e. The third kappa shape index (κ3) is 30.0. The van der Waals surface area contributed by atoms with Gasteiger partial charge in [0.25, 0.3) is 0 Å². The Morgan fingerprint density at radius 2 is 0.860 bits per heavy atom. The topological polar surface area (TPSA) is 43.4 Å². The van der Waals surface area contributed by atoms with Gasteiger partial charge in [-0.1, -0.05) is 130 Å². The van der Waals surface area contributed by atoms with E-state index in [0.717, 1.165) is 38.5 Å². The van der Waals surface area contributed by atoms with Crippen molar-refractivity contribution in [1.29, 1.82) is 0 Å². The van der Waals surface area contributed by atoms with E-state index in [0.29, 0.717) is 11.8 Å². The number of hydrogen-bond donors (Lipinski definition) is 0. The lowest BCUT2D eigenvalue weighted by molar-refractivity contribution is 0.266. The minimum atomic E-state index is 0.348. The molecule has 0 fully saturated rings. The molecule has 0 aromatic rings. The van der Waals surface area contributed by atoms with Crippen molar-refractivity contribution in [2.24, 2.45) is 11.8 Å². The number of allylic oxidation sites excluding steroid dienone is 6. The highest BCUT2D eigenvalue weighted by Crippen LogP contribution is 2.23. The molecule has 2 atom stereocenters. The Bertz CT molecular complexity index is 703. The van der Waals surface area contributed by atoms with E-state index in [4.69, 9.17) is 4.74 Å². The molecule has 3 heteroatoms. The fourth-order valence-electron chi connectivity index (χ4n) is 5.57. The number of hydrogen-bond acceptors (Lipinski definition) is 3. The Labute approximate surface area is 268 Å². The molecule has 3 nitrogen and oxygen atoms in total. The second kappa shape index (κ2) is 33.1. The highest BCUT2D eigenvalue weighted by molar-refractivity contribution is 5.45. The number of ether oxygens (including phenoxy) is 1. The summed E-state index contributed by atoms with van der Waals surface area (Å²) in [7, 11) is 0. The van der Waals surface area contributed by atoms with Crippen molar-refractivity contribution in [3.05, 3.63) is 35.8 Å². The molecule has 0 aliphatic heterocycles. The van der Waals surface area contributed by atoms with E-state index in [1.165, 1.54) is 140 Å². The van der Waals surface area contributed by atoms with Crippen LogP contribution in [-0.2, 0) is 14.3 Å². The zero-order chi connectivity index (χ0) is 31.6. The van der Waals surface area contributed by atoms with Crippen LogP contribution in [0.4, 0.5) is 0 Å². The third-order valence-electron chi connectivity index (χ3n) is 8.49. The van der Waals surface area contributed by atoms with E-state index in [2.05, 4.69) is 39.8 Å². The van der Waals surface area contributed by atoms with Gasteiger partial charge in [0, 0.05) is 25.0 Å². The Kier molecular flexibility index (Phi) is 31.7. The summed E-state index contributed by atoms with van der Waals surface area (Å²) in [4.78, 5) is 21.0. The van der Waals surface area contributed by atoms with Gasteiger partial charge in [-0.15, -0.1) is 0 Å². The standard InChI is InChI=1S/C40H70O3/c1-5-7-9-11-17-23-29-39(31-25-19-13-15-21-27-37(3)33-35-41)43-40(30-24-18-12-10-8-6-2)32-26-20-14-16-22-28-38(4)34-36-42/h31-34,37-38H,5-30H2,1-4H3/b39-31-,40-32-. The monoisotopic (exact) mass is 599 g/mol. The van der Waals surface area contributed by atoms with Gasteiger partial charge in [0.2, 0.25) is 0 Å². The fraction of sp³-hybridized carbons (Fsp3) is 0.800. The summed E-state index contributed by atoms with van der Waals surface area (Å²) >= 11 is 0. The first-order valence-corrected chi connectivity index (χ1v) is 18.5. The molecule has 0 aromatic carbocycles. The van der Waals surface area contributed by atoms with Crippen LogP contribution in [0.5, 0.6) is 0 Å². The van der Waals surface area contributed by atoms with Crippen molar-refractivity contribution in [1.82, 2.24) is 0 Å². The molecular weight excluding hydrogens is 528 g/mol. The van der Waals surface area contributed by atoms with Crippen LogP contribution < -0.4 is 0 Å². The summed E-state index contributed by atoms with van der Waals surface area (Å²) in [6.45, 7) is 8.77. The maximum atomic E-state index is 10.5. The molecule has 0 N–H and O–H groups in total. The van der Waals surface area contributed by atoms with Gasteiger partial charge in [0.1, 0.15) is 11.9 Å². The van der Waals surface area contributed by atoms with Crippen LogP contribution in [0, 0.1) is 11.8 Å². The largest absolute Gasteiger partial charge is 0.467 e. The predicted molar refractivity (Wildman–Crippen MR) is 187 cm³/mol. The lowest BCUT2D eigenvalue weighted by Crippen LogP contribution is -1.97. The second-order valence-electron chi connectivity index (χ2n) is 13.0. The molecule has 43 heavy (non-hydrogen) atoms. The van der Waals surface area contributed by atoms with E-state index < -0.39 is 0 Å². The summed E-state index contributed by atoms with van der Waals surface area (Å²) in [6, 6.07) is 0. The van der Waals surface area contributed by atoms with E-state index in [-0.39, 0.29) is 0 Å². The van der Waals surface area contributed by atoms with Gasteiger partial charge in [0.05, 0.1) is 11.5 Å². The summed E-state index contributed by atoms with van der Waals surface area (Å²) < 4.78 is 6.72. The lowest BCUT2D eigenvalue weighted by Gasteiger charge is -2.15. The maximum absolute atomic E-state index is 10.5. The molecule has 2 unspecified atom stereocenters. The third-order valence-corrected chi connectivity index (χ3v) is 8.49. The Balaban J connectivity index is 4.97. The number of rotatable bonds is 32. The van der Waals surface area contributed by atoms with E-state index in [1.54, 1.807) is 12.2 Å². The Morgan fingerprint density at radius 3 is 1.26 bits per heavy atom. The average molecular weight is 599 g/mol. The predicted octanol–water partition coefficient (Wildman–Crippen LogP) is 13.0. The SMILES string of the molecule is CCCCCCCC/C(=C/CCCCCCC(C)C=C=O)O/C(=C\CCCCCCC(C)C=C=O)CCCCCCCC. The Morgan fingerprint density at radius 1 is 0.512 bits per heavy atom. The molecule has 0 amide bonds. The summed E-state index contributed by atoms with van der Waals surface area (Å²) in [5.74, 6) is 6.96. The Hall–Kier alpha value is -1.82. The van der Waals surface area contributed by atoms with Crippen LogP contribution in [0.25, 0.3) is 0 Å². The highest BCUT2D eigenvalue weighted by atomic mass is 16.5. The van der Waals surface area contributed by atoms with Crippen molar-refractivity contribution in [3.63, 3.8) is 0 Å². The van der Waals surface area contributed by atoms with Crippen LogP contribution in [-0.4, -0.2) is 11.9 Å². The molecule has 0 spiro atoms. The molecule has 0 aliphatic rings. The van der Waals surface area contributed by atoms with E-state index in [1.807, 2.05) is 11.9 Å².